The van der Waals surface area contributed by atoms with Gasteiger partial charge in [0.2, 0.25) is 0 Å². The van der Waals surface area contributed by atoms with E-state index in [9.17, 15) is 0 Å². The fraction of sp³-hybridized carbons (Fsp3) is 0.238. The second-order valence-corrected chi connectivity index (χ2v) is 15.0. The number of pyridine rings is 4. The first-order valence-electron chi connectivity index (χ1n) is 18.0. The molecule has 0 saturated heterocycles. The van der Waals surface area contributed by atoms with Crippen molar-refractivity contribution in [3.63, 3.8) is 0 Å². The molecule has 0 radical (unpaired) electrons. The summed E-state index contributed by atoms with van der Waals surface area (Å²) >= 11 is 0. The van der Waals surface area contributed by atoms with E-state index in [1.807, 2.05) is 24.8 Å². The van der Waals surface area contributed by atoms with Gasteiger partial charge in [-0.25, -0.2) is 0 Å². The molecule has 2 aromatic carbocycles. The van der Waals surface area contributed by atoms with E-state index >= 15 is 0 Å². The van der Waals surface area contributed by atoms with Gasteiger partial charge in [0.25, 0.3) is 0 Å². The molecule has 0 amide bonds. The molecule has 50 heavy (non-hydrogen) atoms. The molecule has 8 heteroatoms. The van der Waals surface area contributed by atoms with Gasteiger partial charge in [-0.15, -0.1) is 0 Å². The Morgan fingerprint density at radius 2 is 0.800 bits per heavy atom. The van der Waals surface area contributed by atoms with Crippen LogP contribution in [0.4, 0.5) is 45.5 Å². The Labute approximate surface area is 289 Å². The van der Waals surface area contributed by atoms with E-state index in [4.69, 9.17) is 0 Å². The van der Waals surface area contributed by atoms with Crippen LogP contribution in [0.5, 0.6) is 0 Å². The van der Waals surface area contributed by atoms with Gasteiger partial charge in [0.05, 0.1) is 22.8 Å². The molecule has 0 N–H and O–H groups in total. The van der Waals surface area contributed by atoms with Crippen molar-refractivity contribution >= 4 is 45.5 Å². The van der Waals surface area contributed by atoms with Crippen molar-refractivity contribution in [2.75, 3.05) is 19.6 Å². The van der Waals surface area contributed by atoms with Crippen LogP contribution in [0.2, 0.25) is 0 Å². The van der Waals surface area contributed by atoms with E-state index in [-0.39, 0.29) is 0 Å². The van der Waals surface area contributed by atoms with Crippen molar-refractivity contribution in [2.24, 2.45) is 0 Å². The number of aromatic nitrogens is 4. The smallest absolute Gasteiger partial charge is 0.0661 e. The van der Waals surface area contributed by atoms with E-state index in [1.165, 1.54) is 68.0 Å². The number of benzene rings is 2. The Hall–Kier alpha value is -5.76. The first kappa shape index (κ1) is 26.2. The second kappa shape index (κ2) is 9.07. The molecule has 8 nitrogen and oxygen atoms in total. The van der Waals surface area contributed by atoms with Crippen LogP contribution in [0.3, 0.4) is 0 Å². The molecule has 4 unspecified atom stereocenters. The Morgan fingerprint density at radius 1 is 0.400 bits per heavy atom. The van der Waals surface area contributed by atoms with Gasteiger partial charge in [-0.2, -0.15) is 0 Å². The molecule has 0 bridgehead atoms. The molecule has 0 aliphatic carbocycles. The topological polar surface area (TPSA) is 64.5 Å². The van der Waals surface area contributed by atoms with Crippen LogP contribution in [0.15, 0.2) is 110 Å². The summed E-state index contributed by atoms with van der Waals surface area (Å²) in [4.78, 5) is 28.3. The Bertz CT molecular complexity index is 2130. The summed E-state index contributed by atoms with van der Waals surface area (Å²) in [5.41, 5.74) is 19.3. The minimum atomic E-state index is 0.491. The third-order valence-corrected chi connectivity index (χ3v) is 13.0. The molecule has 240 valence electrons. The zero-order valence-corrected chi connectivity index (χ0v) is 27.3. The van der Waals surface area contributed by atoms with Crippen LogP contribution in [0.1, 0.15) is 45.5 Å². The molecule has 14 rings (SSSR count). The van der Waals surface area contributed by atoms with Crippen LogP contribution in [-0.2, 0) is 25.7 Å². The van der Waals surface area contributed by atoms with E-state index < -0.39 is 0 Å². The highest BCUT2D eigenvalue weighted by molar-refractivity contribution is 5.91. The van der Waals surface area contributed by atoms with Crippen LogP contribution in [-0.4, -0.2) is 44.1 Å². The molecular formula is C42H32N8. The largest absolute Gasteiger partial charge is 0.337 e. The van der Waals surface area contributed by atoms with Gasteiger partial charge < -0.3 is 19.6 Å². The first-order valence-corrected chi connectivity index (χ1v) is 18.0. The fourth-order valence-electron chi connectivity index (χ4n) is 11.4. The lowest BCUT2D eigenvalue weighted by atomic mass is 9.87. The van der Waals surface area contributed by atoms with Crippen LogP contribution < -0.4 is 19.6 Å². The second-order valence-electron chi connectivity index (χ2n) is 15.0. The van der Waals surface area contributed by atoms with E-state index in [0.717, 1.165) is 25.7 Å². The maximum atomic E-state index is 4.66. The van der Waals surface area contributed by atoms with Gasteiger partial charge in [-0.05, 0) is 84.6 Å². The lowest BCUT2D eigenvalue weighted by Gasteiger charge is -2.30. The highest BCUT2D eigenvalue weighted by atomic mass is 15.3. The molecule has 0 fully saturated rings. The van der Waals surface area contributed by atoms with Gasteiger partial charge in [-0.1, -0.05) is 12.1 Å². The summed E-state index contributed by atoms with van der Waals surface area (Å²) in [5, 5.41) is 0. The number of hydrogen-bond acceptors (Lipinski definition) is 8. The van der Waals surface area contributed by atoms with Gasteiger partial charge in [-0.3, -0.25) is 19.9 Å². The quantitative estimate of drug-likeness (QED) is 0.169. The normalized spacial score (nSPS) is 26.3. The first-order chi connectivity index (χ1) is 24.8. The average Bonchev–Trinajstić information content (AvgIpc) is 4.01. The van der Waals surface area contributed by atoms with Gasteiger partial charge in [0.1, 0.15) is 0 Å². The fourth-order valence-corrected chi connectivity index (χ4v) is 11.4. The SMILES string of the molecule is c1cc2c3c(c1)N1c4ccncc4CC1C3C1Cc3cnccc3N21.c1cnc2c(c1)N1c3cccc4c3C(C1C2)C1Cc2ncccc2N41. The van der Waals surface area contributed by atoms with E-state index in [2.05, 4.69) is 125 Å². The summed E-state index contributed by atoms with van der Waals surface area (Å²) in [7, 11) is 0. The Balaban J connectivity index is 0.000000110. The Morgan fingerprint density at radius 3 is 1.26 bits per heavy atom. The van der Waals surface area contributed by atoms with Crippen LogP contribution >= 0.6 is 0 Å². The summed E-state index contributed by atoms with van der Waals surface area (Å²) in [5.74, 6) is 1.10. The van der Waals surface area contributed by atoms with Crippen molar-refractivity contribution in [3.8, 4) is 0 Å². The van der Waals surface area contributed by atoms with Gasteiger partial charge in [0, 0.05) is 131 Å². The lowest BCUT2D eigenvalue weighted by Crippen LogP contribution is -2.37. The number of fused-ring (bicyclic) bond motifs is 20. The monoisotopic (exact) mass is 648 g/mol. The molecule has 8 aliphatic rings. The van der Waals surface area contributed by atoms with Gasteiger partial charge in [0.15, 0.2) is 0 Å². The molecule has 8 aliphatic heterocycles. The number of anilines is 8. The minimum Gasteiger partial charge on any atom is -0.337 e. The molecule has 4 atom stereocenters. The maximum absolute atomic E-state index is 4.66. The predicted octanol–water partition coefficient (Wildman–Crippen LogP) is 7.43. The van der Waals surface area contributed by atoms with E-state index in [0.29, 0.717) is 36.0 Å². The highest BCUT2D eigenvalue weighted by Gasteiger charge is 2.57. The standard InChI is InChI=1S/2C21H16N4/c1-4-16-20-17(5-1)25-15-7-3-9-23-13(15)11-19(25)21(20)18-10-12-14(24(16)18)6-2-8-22-12;1-2-16-20-17(3-1)25-15-5-7-23-11-13(15)9-19(25)21(20)18-8-12-10-22-6-4-14(12)24(16)18/h1-9,18-19,21H,10-11H2;1-7,10-11,18-19,21H,8-9H2. The lowest BCUT2D eigenvalue weighted by molar-refractivity contribution is 0.501. The zero-order chi connectivity index (χ0) is 32.2. The van der Waals surface area contributed by atoms with Crippen LogP contribution in [0, 0.1) is 0 Å². The van der Waals surface area contributed by atoms with Crippen molar-refractivity contribution in [2.45, 2.75) is 61.7 Å². The molecule has 12 heterocycles. The Kier molecular flexibility index (Phi) is 4.74. The summed E-state index contributed by atoms with van der Waals surface area (Å²) in [6.45, 7) is 0. The average molecular weight is 649 g/mol. The maximum Gasteiger partial charge on any atom is 0.0661 e. The van der Waals surface area contributed by atoms with Gasteiger partial charge >= 0.3 is 0 Å². The number of hydrogen-bond donors (Lipinski definition) is 0. The van der Waals surface area contributed by atoms with Crippen molar-refractivity contribution in [3.05, 3.63) is 144 Å². The highest BCUT2D eigenvalue weighted by Crippen LogP contribution is 2.64. The number of nitrogens with zero attached hydrogens (tertiary/aromatic N) is 8. The third-order valence-electron chi connectivity index (χ3n) is 13.0. The minimum absolute atomic E-state index is 0.491. The number of rotatable bonds is 0. The summed E-state index contributed by atoms with van der Waals surface area (Å²) in [6.07, 6.45) is 16.1. The van der Waals surface area contributed by atoms with Crippen molar-refractivity contribution in [1.29, 1.82) is 0 Å². The predicted molar refractivity (Wildman–Crippen MR) is 194 cm³/mol. The molecular weight excluding hydrogens is 617 g/mol. The summed E-state index contributed by atoms with van der Waals surface area (Å²) in [6, 6.07) is 28.6. The molecule has 6 aromatic rings. The van der Waals surface area contributed by atoms with Crippen molar-refractivity contribution < 1.29 is 0 Å². The molecule has 4 aromatic heterocycles. The zero-order valence-electron chi connectivity index (χ0n) is 27.3. The van der Waals surface area contributed by atoms with Crippen molar-refractivity contribution in [1.82, 2.24) is 19.9 Å². The molecule has 0 spiro atoms. The van der Waals surface area contributed by atoms with Crippen LogP contribution in [0.25, 0.3) is 0 Å². The van der Waals surface area contributed by atoms with E-state index in [1.54, 1.807) is 11.1 Å². The molecule has 0 saturated carbocycles. The summed E-state index contributed by atoms with van der Waals surface area (Å²) < 4.78 is 0. The third kappa shape index (κ3) is 3.02.